The first-order valence-electron chi connectivity index (χ1n) is 19.1. The summed E-state index contributed by atoms with van der Waals surface area (Å²) in [5.41, 5.74) is 13.7. The highest BCUT2D eigenvalue weighted by Crippen LogP contribution is 2.54. The lowest BCUT2D eigenvalue weighted by atomic mass is 9.82. The van der Waals surface area contributed by atoms with Gasteiger partial charge >= 0.3 is 0 Å². The Bertz CT molecular complexity index is 3150. The van der Waals surface area contributed by atoms with Crippen LogP contribution in [0.2, 0.25) is 0 Å². The molecule has 2 heteroatoms. The summed E-state index contributed by atoms with van der Waals surface area (Å²) in [6, 6.07) is 69.7. The van der Waals surface area contributed by atoms with Crippen LogP contribution < -0.4 is 4.90 Å². The van der Waals surface area contributed by atoms with E-state index in [1.807, 2.05) is 11.3 Å². The number of hydrogen-bond acceptors (Lipinski definition) is 2. The van der Waals surface area contributed by atoms with Gasteiger partial charge in [0.05, 0.1) is 11.4 Å². The van der Waals surface area contributed by atoms with Crippen molar-refractivity contribution in [3.63, 3.8) is 0 Å². The number of thiophene rings is 1. The third-order valence-electron chi connectivity index (χ3n) is 11.9. The Morgan fingerprint density at radius 3 is 1.98 bits per heavy atom. The largest absolute Gasteiger partial charge is 0.309 e. The van der Waals surface area contributed by atoms with Crippen molar-refractivity contribution < 1.29 is 0 Å². The molecule has 9 aromatic carbocycles. The summed E-state index contributed by atoms with van der Waals surface area (Å²) in [4.78, 5) is 2.51. The van der Waals surface area contributed by atoms with Crippen molar-refractivity contribution in [3.8, 4) is 33.4 Å². The van der Waals surface area contributed by atoms with Gasteiger partial charge in [-0.2, -0.15) is 0 Å². The van der Waals surface area contributed by atoms with E-state index in [9.17, 15) is 0 Å². The van der Waals surface area contributed by atoms with Gasteiger partial charge in [0, 0.05) is 42.2 Å². The zero-order valence-electron chi connectivity index (χ0n) is 30.8. The maximum absolute atomic E-state index is 2.51. The maximum Gasteiger partial charge on any atom is 0.0540 e. The molecule has 0 amide bonds. The number of para-hydroxylation sites is 1. The summed E-state index contributed by atoms with van der Waals surface area (Å²) in [6.45, 7) is 4.73. The van der Waals surface area contributed by atoms with Crippen LogP contribution >= 0.6 is 11.3 Å². The third kappa shape index (κ3) is 4.85. The molecule has 0 saturated heterocycles. The average Bonchev–Trinajstić information content (AvgIpc) is 3.73. The summed E-state index contributed by atoms with van der Waals surface area (Å²) >= 11 is 1.88. The van der Waals surface area contributed by atoms with E-state index >= 15 is 0 Å². The van der Waals surface area contributed by atoms with Crippen LogP contribution in [-0.2, 0) is 5.41 Å². The Kier molecular flexibility index (Phi) is 7.14. The van der Waals surface area contributed by atoms with E-state index in [-0.39, 0.29) is 5.41 Å². The van der Waals surface area contributed by atoms with E-state index in [2.05, 4.69) is 207 Å². The molecule has 0 unspecified atom stereocenters. The summed E-state index contributed by atoms with van der Waals surface area (Å²) < 4.78 is 2.64. The average molecular weight is 720 g/mol. The highest BCUT2D eigenvalue weighted by molar-refractivity contribution is 7.26. The van der Waals surface area contributed by atoms with Crippen molar-refractivity contribution in [2.24, 2.45) is 0 Å². The van der Waals surface area contributed by atoms with Crippen molar-refractivity contribution in [1.29, 1.82) is 0 Å². The van der Waals surface area contributed by atoms with Crippen LogP contribution in [0.25, 0.3) is 75.1 Å². The van der Waals surface area contributed by atoms with Gasteiger partial charge in [0.25, 0.3) is 0 Å². The van der Waals surface area contributed by atoms with Gasteiger partial charge in [-0.25, -0.2) is 0 Å². The summed E-state index contributed by atoms with van der Waals surface area (Å²) in [7, 11) is 0. The lowest BCUT2D eigenvalue weighted by Crippen LogP contribution is -2.15. The molecule has 0 saturated carbocycles. The van der Waals surface area contributed by atoms with Crippen LogP contribution in [0.15, 0.2) is 188 Å². The molecule has 0 bridgehead atoms. The van der Waals surface area contributed by atoms with E-state index in [0.29, 0.717) is 0 Å². The number of hydrogen-bond donors (Lipinski definition) is 0. The fraction of sp³-hybridized carbons (Fsp3) is 0.0566. The summed E-state index contributed by atoms with van der Waals surface area (Å²) in [5.74, 6) is 0. The van der Waals surface area contributed by atoms with Crippen LogP contribution in [0.3, 0.4) is 0 Å². The Labute approximate surface area is 325 Å². The van der Waals surface area contributed by atoms with Crippen LogP contribution in [0.1, 0.15) is 25.0 Å². The first kappa shape index (κ1) is 32.0. The van der Waals surface area contributed by atoms with Crippen molar-refractivity contribution in [3.05, 3.63) is 199 Å². The molecule has 260 valence electrons. The SMILES string of the molecule is CC1(C)c2ccccc2-c2c(-c3ccccc3N(c3cccc(-c4cccc5c4sc4ccccc45)c3)c3cccc4c3ccc3ccccc34)cccc21. The molecule has 10 aromatic rings. The molecule has 55 heavy (non-hydrogen) atoms. The second-order valence-corrected chi connectivity index (χ2v) is 16.3. The van der Waals surface area contributed by atoms with Gasteiger partial charge in [0.15, 0.2) is 0 Å². The standard InChI is InChI=1S/C53H37NS/c1-53(2)46-26-8-5-21-45(46)51-43(24-13-27-47(51)53)40-19-6-9-28-48(40)54(49-29-14-23-39-37-18-4-3-15-34(37)31-32-41(39)49)36-17-11-16-35(33-36)38-22-12-25-44-42-20-7-10-30-50(42)55-52(38)44/h3-33H,1-2H3. The molecule has 1 nitrogen and oxygen atoms in total. The predicted octanol–water partition coefficient (Wildman–Crippen LogP) is 15.5. The van der Waals surface area contributed by atoms with E-state index < -0.39 is 0 Å². The highest BCUT2D eigenvalue weighted by atomic mass is 32.1. The molecular formula is C53H37NS. The minimum absolute atomic E-state index is 0.0881. The molecule has 1 aliphatic carbocycles. The lowest BCUT2D eigenvalue weighted by Gasteiger charge is -2.30. The zero-order chi connectivity index (χ0) is 36.7. The van der Waals surface area contributed by atoms with Gasteiger partial charge in [0.2, 0.25) is 0 Å². The van der Waals surface area contributed by atoms with E-state index in [1.165, 1.54) is 86.2 Å². The lowest BCUT2D eigenvalue weighted by molar-refractivity contribution is 0.660. The van der Waals surface area contributed by atoms with Gasteiger partial charge in [-0.1, -0.05) is 172 Å². The van der Waals surface area contributed by atoms with Gasteiger partial charge in [0.1, 0.15) is 0 Å². The molecule has 0 aliphatic heterocycles. The van der Waals surface area contributed by atoms with Crippen molar-refractivity contribution in [2.75, 3.05) is 4.90 Å². The van der Waals surface area contributed by atoms with Gasteiger partial charge in [-0.15, -0.1) is 11.3 Å². The summed E-state index contributed by atoms with van der Waals surface area (Å²) in [6.07, 6.45) is 0. The number of nitrogens with zero attached hydrogens (tertiary/aromatic N) is 1. The molecule has 0 radical (unpaired) electrons. The number of anilines is 3. The van der Waals surface area contributed by atoms with E-state index in [1.54, 1.807) is 0 Å². The van der Waals surface area contributed by atoms with Crippen molar-refractivity contribution in [2.45, 2.75) is 19.3 Å². The van der Waals surface area contributed by atoms with Crippen LogP contribution in [0, 0.1) is 0 Å². The molecule has 0 N–H and O–H groups in total. The minimum atomic E-state index is -0.0881. The van der Waals surface area contributed by atoms with Crippen molar-refractivity contribution in [1.82, 2.24) is 0 Å². The second-order valence-electron chi connectivity index (χ2n) is 15.2. The zero-order valence-corrected chi connectivity index (χ0v) is 31.6. The smallest absolute Gasteiger partial charge is 0.0540 e. The molecule has 11 rings (SSSR count). The maximum atomic E-state index is 2.51. The Balaban J connectivity index is 1.18. The van der Waals surface area contributed by atoms with E-state index in [4.69, 9.17) is 0 Å². The van der Waals surface area contributed by atoms with Crippen LogP contribution in [0.4, 0.5) is 17.1 Å². The van der Waals surface area contributed by atoms with Gasteiger partial charge < -0.3 is 4.90 Å². The number of benzene rings is 9. The van der Waals surface area contributed by atoms with Gasteiger partial charge in [-0.05, 0) is 85.4 Å². The molecule has 0 spiro atoms. The molecule has 0 atom stereocenters. The fourth-order valence-corrected chi connectivity index (χ4v) is 10.5. The third-order valence-corrected chi connectivity index (χ3v) is 13.1. The second kappa shape index (κ2) is 12.3. The van der Waals surface area contributed by atoms with Crippen molar-refractivity contribution >= 4 is 70.1 Å². The first-order chi connectivity index (χ1) is 27.1. The quantitative estimate of drug-likeness (QED) is 0.160. The fourth-order valence-electron chi connectivity index (χ4n) is 9.29. The molecule has 1 heterocycles. The minimum Gasteiger partial charge on any atom is -0.309 e. The number of fused-ring (bicyclic) bond motifs is 9. The Hall–Kier alpha value is -6.48. The highest BCUT2D eigenvalue weighted by Gasteiger charge is 2.37. The van der Waals surface area contributed by atoms with Gasteiger partial charge in [-0.3, -0.25) is 0 Å². The summed E-state index contributed by atoms with van der Waals surface area (Å²) in [5, 5.41) is 7.61. The number of rotatable bonds is 5. The monoisotopic (exact) mass is 719 g/mol. The van der Waals surface area contributed by atoms with Crippen LogP contribution in [-0.4, -0.2) is 0 Å². The Morgan fingerprint density at radius 2 is 1.05 bits per heavy atom. The topological polar surface area (TPSA) is 3.24 Å². The Morgan fingerprint density at radius 1 is 0.418 bits per heavy atom. The molecular weight excluding hydrogens is 683 g/mol. The molecule has 1 aromatic heterocycles. The molecule has 0 fully saturated rings. The van der Waals surface area contributed by atoms with Crippen LogP contribution in [0.5, 0.6) is 0 Å². The predicted molar refractivity (Wildman–Crippen MR) is 237 cm³/mol. The normalized spacial score (nSPS) is 13.1. The first-order valence-corrected chi connectivity index (χ1v) is 19.9. The molecule has 1 aliphatic rings. The van der Waals surface area contributed by atoms with E-state index in [0.717, 1.165) is 17.1 Å².